The van der Waals surface area contributed by atoms with E-state index in [-0.39, 0.29) is 21.3 Å². The molecule has 1 atom stereocenters. The SMILES string of the molecule is CCc1ccc([C@@H]2/C(=C(\O)c3ccc(OC)c(C)c3)C(=O)C(=O)N2c2nc(C)c(C(=O)OC)s2)cc1. The Labute approximate surface area is 212 Å². The molecule has 1 aliphatic heterocycles. The van der Waals surface area contributed by atoms with E-state index in [4.69, 9.17) is 9.47 Å². The van der Waals surface area contributed by atoms with Crippen molar-refractivity contribution in [1.29, 1.82) is 0 Å². The number of hydrogen-bond acceptors (Lipinski definition) is 8. The van der Waals surface area contributed by atoms with Gasteiger partial charge in [-0.3, -0.25) is 14.5 Å². The number of Topliss-reactive ketones (excluding diaryl/α,β-unsaturated/α-hetero) is 1. The van der Waals surface area contributed by atoms with E-state index in [0.29, 0.717) is 22.6 Å². The number of aromatic nitrogens is 1. The Morgan fingerprint density at radius 3 is 2.39 bits per heavy atom. The molecule has 2 heterocycles. The number of methoxy groups -OCH3 is 2. The number of aryl methyl sites for hydroxylation is 3. The van der Waals surface area contributed by atoms with E-state index in [1.165, 1.54) is 12.0 Å². The Kier molecular flexibility index (Phi) is 6.94. The molecule has 1 saturated heterocycles. The zero-order valence-electron chi connectivity index (χ0n) is 20.6. The Balaban J connectivity index is 1.93. The number of carbonyl (C=O) groups excluding carboxylic acids is 3. The second-order valence-corrected chi connectivity index (χ2v) is 9.33. The molecule has 1 aliphatic rings. The Bertz CT molecular complexity index is 1390. The molecule has 8 nitrogen and oxygen atoms in total. The minimum absolute atomic E-state index is 0.0544. The van der Waals surface area contributed by atoms with E-state index in [1.54, 1.807) is 32.2 Å². The van der Waals surface area contributed by atoms with Gasteiger partial charge in [0, 0.05) is 5.56 Å². The number of anilines is 1. The first-order valence-corrected chi connectivity index (χ1v) is 12.1. The van der Waals surface area contributed by atoms with Gasteiger partial charge in [-0.05, 0) is 55.2 Å². The molecule has 0 aliphatic carbocycles. The van der Waals surface area contributed by atoms with Crippen molar-refractivity contribution >= 4 is 39.9 Å². The molecule has 1 aromatic heterocycles. The van der Waals surface area contributed by atoms with Crippen LogP contribution in [0.15, 0.2) is 48.0 Å². The number of ketones is 1. The third-order valence-corrected chi connectivity index (χ3v) is 7.32. The highest BCUT2D eigenvalue weighted by Crippen LogP contribution is 2.44. The number of amides is 1. The van der Waals surface area contributed by atoms with Crippen molar-refractivity contribution in [2.24, 2.45) is 0 Å². The molecular weight excluding hydrogens is 480 g/mol. The molecule has 36 heavy (non-hydrogen) atoms. The smallest absolute Gasteiger partial charge is 0.350 e. The summed E-state index contributed by atoms with van der Waals surface area (Å²) in [7, 11) is 2.81. The normalized spacial score (nSPS) is 16.9. The summed E-state index contributed by atoms with van der Waals surface area (Å²) >= 11 is 0.965. The fraction of sp³-hybridized carbons (Fsp3) is 0.259. The molecule has 0 radical (unpaired) electrons. The van der Waals surface area contributed by atoms with E-state index < -0.39 is 23.7 Å². The predicted octanol–water partition coefficient (Wildman–Crippen LogP) is 4.74. The Hall–Kier alpha value is -3.98. The van der Waals surface area contributed by atoms with Crippen LogP contribution in [0.2, 0.25) is 0 Å². The summed E-state index contributed by atoms with van der Waals surface area (Å²) in [6.07, 6.45) is 0.819. The van der Waals surface area contributed by atoms with Gasteiger partial charge in [0.2, 0.25) is 0 Å². The Morgan fingerprint density at radius 1 is 1.11 bits per heavy atom. The van der Waals surface area contributed by atoms with Gasteiger partial charge in [-0.15, -0.1) is 0 Å². The van der Waals surface area contributed by atoms with Crippen molar-refractivity contribution in [2.75, 3.05) is 19.1 Å². The molecule has 3 aromatic rings. The average molecular weight is 507 g/mol. The third kappa shape index (κ3) is 4.26. The maximum Gasteiger partial charge on any atom is 0.350 e. The van der Waals surface area contributed by atoms with Crippen LogP contribution in [0.5, 0.6) is 5.75 Å². The van der Waals surface area contributed by atoms with Crippen molar-refractivity contribution in [3.05, 3.63) is 80.9 Å². The van der Waals surface area contributed by atoms with Crippen molar-refractivity contribution in [3.63, 3.8) is 0 Å². The average Bonchev–Trinajstić information content (AvgIpc) is 3.39. The van der Waals surface area contributed by atoms with E-state index in [2.05, 4.69) is 4.98 Å². The van der Waals surface area contributed by atoms with Crippen LogP contribution >= 0.6 is 11.3 Å². The molecule has 1 N–H and O–H groups in total. The number of nitrogens with zero attached hydrogens (tertiary/aromatic N) is 2. The van der Waals surface area contributed by atoms with Crippen LogP contribution in [0.4, 0.5) is 5.13 Å². The number of ether oxygens (including phenoxy) is 2. The summed E-state index contributed by atoms with van der Waals surface area (Å²) in [4.78, 5) is 44.8. The van der Waals surface area contributed by atoms with Gasteiger partial charge in [-0.2, -0.15) is 0 Å². The lowest BCUT2D eigenvalue weighted by molar-refractivity contribution is -0.132. The minimum Gasteiger partial charge on any atom is -0.507 e. The van der Waals surface area contributed by atoms with Crippen LogP contribution in [0.25, 0.3) is 5.76 Å². The van der Waals surface area contributed by atoms with Gasteiger partial charge in [-0.1, -0.05) is 42.5 Å². The molecule has 1 fully saturated rings. The van der Waals surface area contributed by atoms with Gasteiger partial charge in [0.05, 0.1) is 31.5 Å². The first-order valence-electron chi connectivity index (χ1n) is 11.3. The van der Waals surface area contributed by atoms with Crippen molar-refractivity contribution in [2.45, 2.75) is 33.2 Å². The van der Waals surface area contributed by atoms with Crippen LogP contribution in [0.1, 0.15) is 50.6 Å². The summed E-state index contributed by atoms with van der Waals surface area (Å²) in [5.41, 5.74) is 3.19. The van der Waals surface area contributed by atoms with Crippen LogP contribution in [0, 0.1) is 13.8 Å². The molecule has 2 aromatic carbocycles. The summed E-state index contributed by atoms with van der Waals surface area (Å²) in [6, 6.07) is 11.6. The lowest BCUT2D eigenvalue weighted by atomic mass is 9.94. The quantitative estimate of drug-likeness (QED) is 0.223. The van der Waals surface area contributed by atoms with E-state index in [0.717, 1.165) is 28.9 Å². The first-order chi connectivity index (χ1) is 17.2. The topological polar surface area (TPSA) is 106 Å². The summed E-state index contributed by atoms with van der Waals surface area (Å²) in [5.74, 6) is -1.92. The van der Waals surface area contributed by atoms with Gasteiger partial charge >= 0.3 is 11.9 Å². The summed E-state index contributed by atoms with van der Waals surface area (Å²) < 4.78 is 10.1. The van der Waals surface area contributed by atoms with E-state index >= 15 is 0 Å². The second-order valence-electron chi connectivity index (χ2n) is 8.35. The number of hydrogen-bond donors (Lipinski definition) is 1. The number of esters is 1. The summed E-state index contributed by atoms with van der Waals surface area (Å²) in [5, 5.41) is 11.5. The number of thiazole rings is 1. The largest absolute Gasteiger partial charge is 0.507 e. The number of aliphatic hydroxyl groups excluding tert-OH is 1. The fourth-order valence-corrected chi connectivity index (χ4v) is 5.24. The van der Waals surface area contributed by atoms with Crippen LogP contribution < -0.4 is 9.64 Å². The third-order valence-electron chi connectivity index (χ3n) is 6.18. The lowest BCUT2D eigenvalue weighted by Crippen LogP contribution is -2.29. The highest BCUT2D eigenvalue weighted by Gasteiger charge is 2.48. The predicted molar refractivity (Wildman–Crippen MR) is 137 cm³/mol. The molecule has 0 spiro atoms. The molecule has 0 saturated carbocycles. The monoisotopic (exact) mass is 506 g/mol. The Morgan fingerprint density at radius 2 is 1.81 bits per heavy atom. The first kappa shape index (κ1) is 25.1. The van der Waals surface area contributed by atoms with Gasteiger partial charge in [-0.25, -0.2) is 9.78 Å². The van der Waals surface area contributed by atoms with Gasteiger partial charge in [0.1, 0.15) is 16.4 Å². The van der Waals surface area contributed by atoms with Gasteiger partial charge in [0.25, 0.3) is 5.78 Å². The molecule has 9 heteroatoms. The van der Waals surface area contributed by atoms with Gasteiger partial charge < -0.3 is 14.6 Å². The summed E-state index contributed by atoms with van der Waals surface area (Å²) in [6.45, 7) is 5.48. The maximum atomic E-state index is 13.4. The maximum absolute atomic E-state index is 13.4. The number of rotatable bonds is 6. The van der Waals surface area contributed by atoms with Crippen molar-refractivity contribution < 1.29 is 29.0 Å². The number of aliphatic hydroxyl groups is 1. The molecule has 1 amide bonds. The van der Waals surface area contributed by atoms with E-state index in [9.17, 15) is 19.5 Å². The standard InChI is InChI=1S/C27H26N2O6S/c1-6-16-7-9-17(10-8-16)21-20(22(30)18-11-12-19(34-4)14(2)13-18)23(31)25(32)29(21)27-28-15(3)24(36-27)26(33)35-5/h7-13,21,30H,6H2,1-5H3/b22-20+/t21-/m1/s1. The highest BCUT2D eigenvalue weighted by atomic mass is 32.1. The zero-order valence-corrected chi connectivity index (χ0v) is 21.4. The molecular formula is C27H26N2O6S. The van der Waals surface area contributed by atoms with Gasteiger partial charge in [0.15, 0.2) is 5.13 Å². The fourth-order valence-electron chi connectivity index (χ4n) is 4.23. The highest BCUT2D eigenvalue weighted by molar-refractivity contribution is 7.17. The van der Waals surface area contributed by atoms with Crippen LogP contribution in [0.3, 0.4) is 0 Å². The van der Waals surface area contributed by atoms with E-state index in [1.807, 2.05) is 38.1 Å². The second kappa shape index (κ2) is 9.94. The zero-order chi connectivity index (χ0) is 26.1. The van der Waals surface area contributed by atoms with Crippen molar-refractivity contribution in [1.82, 2.24) is 4.98 Å². The van der Waals surface area contributed by atoms with Crippen molar-refractivity contribution in [3.8, 4) is 5.75 Å². The van der Waals surface area contributed by atoms with Crippen LogP contribution in [-0.2, 0) is 20.7 Å². The van der Waals surface area contributed by atoms with Crippen LogP contribution in [-0.4, -0.2) is 42.0 Å². The number of benzene rings is 2. The molecule has 4 rings (SSSR count). The minimum atomic E-state index is -0.936. The lowest BCUT2D eigenvalue weighted by Gasteiger charge is -2.23. The molecule has 186 valence electrons. The number of carbonyl (C=O) groups is 3. The molecule has 0 unspecified atom stereocenters. The molecule has 0 bridgehead atoms.